The molecule has 0 fully saturated rings. The lowest BCUT2D eigenvalue weighted by Gasteiger charge is -2.07. The average Bonchev–Trinajstić information content (AvgIpc) is 2.54. The molecule has 0 saturated heterocycles. The fourth-order valence-corrected chi connectivity index (χ4v) is 2.29. The Hall–Kier alpha value is -2.62. The Labute approximate surface area is 110 Å². The summed E-state index contributed by atoms with van der Waals surface area (Å²) in [6.45, 7) is 0. The van der Waals surface area contributed by atoms with E-state index in [1.54, 1.807) is 18.2 Å². The maximum Gasteiger partial charge on any atom is 0.255 e. The molecule has 0 aliphatic carbocycles. The van der Waals surface area contributed by atoms with E-state index in [0.29, 0.717) is 23.2 Å². The Morgan fingerprint density at radius 3 is 2.68 bits per heavy atom. The highest BCUT2D eigenvalue weighted by atomic mass is 16.2. The van der Waals surface area contributed by atoms with Crippen LogP contribution in [0.2, 0.25) is 0 Å². The SMILES string of the molecule is NC(=O)c1ccc2c(c1)NC(=O)c1ccccc1C2. The van der Waals surface area contributed by atoms with Crippen molar-refractivity contribution in [2.24, 2.45) is 5.73 Å². The smallest absolute Gasteiger partial charge is 0.255 e. The van der Waals surface area contributed by atoms with E-state index in [4.69, 9.17) is 5.73 Å². The van der Waals surface area contributed by atoms with Crippen LogP contribution in [0.5, 0.6) is 0 Å². The molecule has 94 valence electrons. The molecular formula is C15H12N2O2. The molecule has 2 aromatic rings. The zero-order valence-electron chi connectivity index (χ0n) is 10.1. The van der Waals surface area contributed by atoms with E-state index in [0.717, 1.165) is 11.1 Å². The number of nitrogens with two attached hydrogens (primary N) is 1. The molecular weight excluding hydrogens is 240 g/mol. The van der Waals surface area contributed by atoms with Gasteiger partial charge in [-0.15, -0.1) is 0 Å². The highest BCUT2D eigenvalue weighted by Gasteiger charge is 2.19. The number of primary amides is 1. The Kier molecular flexibility index (Phi) is 2.56. The van der Waals surface area contributed by atoms with Crippen molar-refractivity contribution in [2.75, 3.05) is 5.32 Å². The summed E-state index contributed by atoms with van der Waals surface area (Å²) < 4.78 is 0. The normalized spacial score (nSPS) is 12.9. The summed E-state index contributed by atoms with van der Waals surface area (Å²) in [4.78, 5) is 23.3. The molecule has 3 rings (SSSR count). The second kappa shape index (κ2) is 4.24. The van der Waals surface area contributed by atoms with E-state index in [1.807, 2.05) is 24.3 Å². The molecule has 0 spiro atoms. The predicted octanol–water partition coefficient (Wildman–Crippen LogP) is 1.94. The van der Waals surface area contributed by atoms with Crippen LogP contribution in [0.4, 0.5) is 5.69 Å². The molecule has 0 saturated carbocycles. The number of rotatable bonds is 1. The summed E-state index contributed by atoms with van der Waals surface area (Å²) >= 11 is 0. The van der Waals surface area contributed by atoms with Crippen molar-refractivity contribution < 1.29 is 9.59 Å². The van der Waals surface area contributed by atoms with Crippen LogP contribution in [-0.2, 0) is 6.42 Å². The van der Waals surface area contributed by atoms with Gasteiger partial charge in [-0.05, 0) is 29.3 Å². The average molecular weight is 252 g/mol. The number of benzene rings is 2. The highest BCUT2D eigenvalue weighted by molar-refractivity contribution is 6.07. The van der Waals surface area contributed by atoms with E-state index in [1.165, 1.54) is 0 Å². The van der Waals surface area contributed by atoms with Crippen LogP contribution >= 0.6 is 0 Å². The molecule has 0 aromatic heterocycles. The molecule has 1 aliphatic rings. The van der Waals surface area contributed by atoms with Gasteiger partial charge in [0, 0.05) is 23.2 Å². The molecule has 19 heavy (non-hydrogen) atoms. The fraction of sp³-hybridized carbons (Fsp3) is 0.0667. The van der Waals surface area contributed by atoms with Crippen LogP contribution in [0, 0.1) is 0 Å². The Bertz CT molecular complexity index is 692. The van der Waals surface area contributed by atoms with Crippen molar-refractivity contribution in [3.63, 3.8) is 0 Å². The number of anilines is 1. The van der Waals surface area contributed by atoms with Crippen LogP contribution in [0.25, 0.3) is 0 Å². The number of fused-ring (bicyclic) bond motifs is 2. The maximum absolute atomic E-state index is 12.1. The third-order valence-electron chi connectivity index (χ3n) is 3.29. The first-order valence-corrected chi connectivity index (χ1v) is 5.97. The van der Waals surface area contributed by atoms with Crippen molar-refractivity contribution in [2.45, 2.75) is 6.42 Å². The summed E-state index contributed by atoms with van der Waals surface area (Å²) in [5.41, 5.74) is 8.92. The lowest BCUT2D eigenvalue weighted by Crippen LogP contribution is -2.14. The summed E-state index contributed by atoms with van der Waals surface area (Å²) in [5.74, 6) is -0.658. The third kappa shape index (κ3) is 1.97. The van der Waals surface area contributed by atoms with Gasteiger partial charge in [-0.3, -0.25) is 9.59 Å². The first kappa shape index (κ1) is 11.5. The summed E-state index contributed by atoms with van der Waals surface area (Å²) in [5, 5.41) is 2.83. The standard InChI is InChI=1S/C15H12N2O2/c16-14(18)11-6-5-10-7-9-3-1-2-4-12(9)15(19)17-13(10)8-11/h1-6,8H,7H2,(H2,16,18)(H,17,19). The molecule has 0 radical (unpaired) electrons. The van der Waals surface area contributed by atoms with Crippen LogP contribution in [0.15, 0.2) is 42.5 Å². The molecule has 0 atom stereocenters. The van der Waals surface area contributed by atoms with Gasteiger partial charge >= 0.3 is 0 Å². The van der Waals surface area contributed by atoms with Crippen molar-refractivity contribution in [1.29, 1.82) is 0 Å². The van der Waals surface area contributed by atoms with Gasteiger partial charge in [-0.25, -0.2) is 0 Å². The summed E-state index contributed by atoms with van der Waals surface area (Å²) in [6, 6.07) is 12.6. The minimum atomic E-state index is -0.501. The van der Waals surface area contributed by atoms with Gasteiger partial charge in [0.2, 0.25) is 5.91 Å². The van der Waals surface area contributed by atoms with Gasteiger partial charge in [-0.2, -0.15) is 0 Å². The second-order valence-electron chi connectivity index (χ2n) is 4.52. The van der Waals surface area contributed by atoms with Crippen LogP contribution in [0.1, 0.15) is 31.8 Å². The molecule has 1 aliphatic heterocycles. The zero-order valence-corrected chi connectivity index (χ0v) is 10.1. The Morgan fingerprint density at radius 1 is 1.11 bits per heavy atom. The quantitative estimate of drug-likeness (QED) is 0.814. The maximum atomic E-state index is 12.1. The third-order valence-corrected chi connectivity index (χ3v) is 3.29. The highest BCUT2D eigenvalue weighted by Crippen LogP contribution is 2.27. The van der Waals surface area contributed by atoms with Crippen molar-refractivity contribution >= 4 is 17.5 Å². The van der Waals surface area contributed by atoms with E-state index in [2.05, 4.69) is 5.32 Å². The summed E-state index contributed by atoms with van der Waals surface area (Å²) in [7, 11) is 0. The van der Waals surface area contributed by atoms with Crippen molar-refractivity contribution in [1.82, 2.24) is 0 Å². The zero-order chi connectivity index (χ0) is 13.4. The first-order chi connectivity index (χ1) is 9.15. The number of amides is 2. The molecule has 2 aromatic carbocycles. The predicted molar refractivity (Wildman–Crippen MR) is 72.2 cm³/mol. The Morgan fingerprint density at radius 2 is 1.89 bits per heavy atom. The van der Waals surface area contributed by atoms with Gasteiger partial charge in [0.25, 0.3) is 5.91 Å². The molecule has 4 heteroatoms. The van der Waals surface area contributed by atoms with E-state index in [-0.39, 0.29) is 5.91 Å². The molecule has 4 nitrogen and oxygen atoms in total. The number of nitrogens with one attached hydrogen (secondary N) is 1. The van der Waals surface area contributed by atoms with Gasteiger partial charge in [0.1, 0.15) is 0 Å². The van der Waals surface area contributed by atoms with E-state index in [9.17, 15) is 9.59 Å². The van der Waals surface area contributed by atoms with Crippen molar-refractivity contribution in [3.05, 3.63) is 64.7 Å². The fourth-order valence-electron chi connectivity index (χ4n) is 2.29. The molecule has 2 amide bonds. The van der Waals surface area contributed by atoms with Gasteiger partial charge in [-0.1, -0.05) is 24.3 Å². The monoisotopic (exact) mass is 252 g/mol. The minimum Gasteiger partial charge on any atom is -0.366 e. The lowest BCUT2D eigenvalue weighted by atomic mass is 9.99. The molecule has 1 heterocycles. The van der Waals surface area contributed by atoms with Crippen LogP contribution in [-0.4, -0.2) is 11.8 Å². The topological polar surface area (TPSA) is 72.2 Å². The largest absolute Gasteiger partial charge is 0.366 e. The number of carbonyl (C=O) groups is 2. The van der Waals surface area contributed by atoms with E-state index < -0.39 is 5.91 Å². The van der Waals surface area contributed by atoms with Gasteiger partial charge in [0.05, 0.1) is 0 Å². The minimum absolute atomic E-state index is 0.157. The van der Waals surface area contributed by atoms with Gasteiger partial charge in [0.15, 0.2) is 0 Å². The molecule has 0 unspecified atom stereocenters. The van der Waals surface area contributed by atoms with Crippen LogP contribution in [0.3, 0.4) is 0 Å². The second-order valence-corrected chi connectivity index (χ2v) is 4.52. The number of hydrogen-bond acceptors (Lipinski definition) is 2. The first-order valence-electron chi connectivity index (χ1n) is 5.97. The molecule has 3 N–H and O–H groups in total. The molecule has 0 bridgehead atoms. The van der Waals surface area contributed by atoms with Gasteiger partial charge < -0.3 is 11.1 Å². The summed E-state index contributed by atoms with van der Waals surface area (Å²) in [6.07, 6.45) is 0.656. The van der Waals surface area contributed by atoms with Crippen molar-refractivity contribution in [3.8, 4) is 0 Å². The van der Waals surface area contributed by atoms with Crippen LogP contribution < -0.4 is 11.1 Å². The lowest BCUT2D eigenvalue weighted by molar-refractivity contribution is 0.0996. The number of hydrogen-bond donors (Lipinski definition) is 2. The number of carbonyl (C=O) groups excluding carboxylic acids is 2. The Balaban J connectivity index is 2.12. The van der Waals surface area contributed by atoms with E-state index >= 15 is 0 Å².